The van der Waals surface area contributed by atoms with Gasteiger partial charge in [0, 0.05) is 22.0 Å². The summed E-state index contributed by atoms with van der Waals surface area (Å²) in [6.07, 6.45) is 0. The van der Waals surface area contributed by atoms with E-state index in [1.165, 1.54) is 11.8 Å². The molecule has 0 aliphatic carbocycles. The van der Waals surface area contributed by atoms with Gasteiger partial charge in [0.15, 0.2) is 6.61 Å². The van der Waals surface area contributed by atoms with Crippen molar-refractivity contribution in [3.05, 3.63) is 115 Å². The van der Waals surface area contributed by atoms with Gasteiger partial charge in [0.05, 0.1) is 5.25 Å². The summed E-state index contributed by atoms with van der Waals surface area (Å²) < 4.78 is 5.51. The van der Waals surface area contributed by atoms with E-state index in [1.807, 2.05) is 110 Å². The third kappa shape index (κ3) is 6.74. The van der Waals surface area contributed by atoms with Crippen LogP contribution in [0.2, 0.25) is 0 Å². The molecule has 1 unspecified atom stereocenters. The number of carbonyl (C=O) groups is 2. The van der Waals surface area contributed by atoms with Crippen molar-refractivity contribution in [3.63, 3.8) is 0 Å². The van der Waals surface area contributed by atoms with Crippen molar-refractivity contribution in [3.8, 4) is 5.75 Å². The summed E-state index contributed by atoms with van der Waals surface area (Å²) in [5.74, 6) is 0.359. The Morgan fingerprint density at radius 2 is 1.37 bits per heavy atom. The lowest BCUT2D eigenvalue weighted by molar-refractivity contribution is -0.118. The number of ether oxygens (including phenoxy) is 1. The lowest BCUT2D eigenvalue weighted by Crippen LogP contribution is -2.32. The van der Waals surface area contributed by atoms with Gasteiger partial charge in [-0.05, 0) is 61.5 Å². The molecule has 0 heterocycles. The minimum atomic E-state index is -0.359. The molecule has 0 spiro atoms. The number of para-hydroxylation sites is 3. The molecule has 4 aromatic carbocycles. The zero-order chi connectivity index (χ0) is 24.5. The molecule has 0 aromatic heterocycles. The maximum atomic E-state index is 13.5. The highest BCUT2D eigenvalue weighted by Crippen LogP contribution is 2.32. The molecule has 5 nitrogen and oxygen atoms in total. The number of hydrogen-bond donors (Lipinski definition) is 1. The SMILES string of the molecule is CC(Sc1cccc(NC(=O)COc2ccccc2)c1)C(=O)N(c1ccccc1)c1ccccc1. The van der Waals surface area contributed by atoms with Gasteiger partial charge in [-0.25, -0.2) is 0 Å². The zero-order valence-electron chi connectivity index (χ0n) is 19.3. The van der Waals surface area contributed by atoms with E-state index in [4.69, 9.17) is 4.74 Å². The molecule has 6 heteroatoms. The number of nitrogens with one attached hydrogen (secondary N) is 1. The second kappa shape index (κ2) is 11.9. The largest absolute Gasteiger partial charge is 0.484 e. The normalized spacial score (nSPS) is 11.3. The van der Waals surface area contributed by atoms with Crippen molar-refractivity contribution in [2.45, 2.75) is 17.1 Å². The summed E-state index contributed by atoms with van der Waals surface area (Å²) in [5.41, 5.74) is 2.28. The van der Waals surface area contributed by atoms with Crippen LogP contribution in [0.1, 0.15) is 6.92 Å². The van der Waals surface area contributed by atoms with Crippen molar-refractivity contribution in [2.24, 2.45) is 0 Å². The van der Waals surface area contributed by atoms with Crippen LogP contribution >= 0.6 is 11.8 Å². The summed E-state index contributed by atoms with van der Waals surface area (Å²) in [4.78, 5) is 28.5. The van der Waals surface area contributed by atoms with Gasteiger partial charge in [0.25, 0.3) is 5.91 Å². The van der Waals surface area contributed by atoms with E-state index in [0.29, 0.717) is 11.4 Å². The number of carbonyl (C=O) groups excluding carboxylic acids is 2. The molecule has 4 aromatic rings. The second-order valence-corrected chi connectivity index (χ2v) is 9.20. The fourth-order valence-corrected chi connectivity index (χ4v) is 4.47. The molecule has 1 atom stereocenters. The Hall–Kier alpha value is -4.03. The predicted octanol–water partition coefficient (Wildman–Crippen LogP) is 6.55. The molecule has 0 saturated heterocycles. The van der Waals surface area contributed by atoms with Crippen LogP contribution in [0, 0.1) is 0 Å². The quantitative estimate of drug-likeness (QED) is 0.275. The van der Waals surface area contributed by atoms with E-state index in [0.717, 1.165) is 16.3 Å². The number of hydrogen-bond acceptors (Lipinski definition) is 4. The Bertz CT molecular complexity index is 1210. The summed E-state index contributed by atoms with van der Waals surface area (Å²) >= 11 is 1.45. The predicted molar refractivity (Wildman–Crippen MR) is 142 cm³/mol. The Balaban J connectivity index is 1.42. The maximum absolute atomic E-state index is 13.5. The van der Waals surface area contributed by atoms with Crippen LogP contribution in [0.4, 0.5) is 17.1 Å². The van der Waals surface area contributed by atoms with E-state index in [2.05, 4.69) is 5.32 Å². The monoisotopic (exact) mass is 482 g/mol. The number of benzene rings is 4. The first-order valence-electron chi connectivity index (χ1n) is 11.3. The minimum absolute atomic E-state index is 0.0295. The molecule has 0 aliphatic rings. The molecular formula is C29H26N2O3S. The zero-order valence-corrected chi connectivity index (χ0v) is 20.2. The number of amides is 2. The molecular weight excluding hydrogens is 456 g/mol. The van der Waals surface area contributed by atoms with Gasteiger partial charge in [-0.15, -0.1) is 11.8 Å². The lowest BCUT2D eigenvalue weighted by atomic mass is 10.2. The second-order valence-electron chi connectivity index (χ2n) is 7.78. The van der Waals surface area contributed by atoms with Crippen LogP contribution in [0.5, 0.6) is 5.75 Å². The fraction of sp³-hybridized carbons (Fsp3) is 0.103. The van der Waals surface area contributed by atoms with Crippen molar-refractivity contribution >= 4 is 40.6 Å². The topological polar surface area (TPSA) is 58.6 Å². The average Bonchev–Trinajstić information content (AvgIpc) is 2.90. The fourth-order valence-electron chi connectivity index (χ4n) is 3.50. The highest BCUT2D eigenvalue weighted by Gasteiger charge is 2.24. The molecule has 0 saturated carbocycles. The molecule has 4 rings (SSSR count). The smallest absolute Gasteiger partial charge is 0.262 e. The van der Waals surface area contributed by atoms with Gasteiger partial charge in [0.1, 0.15) is 5.75 Å². The first kappa shape index (κ1) is 24.1. The molecule has 176 valence electrons. The Kier molecular flexibility index (Phi) is 8.20. The Morgan fingerprint density at radius 3 is 1.97 bits per heavy atom. The van der Waals surface area contributed by atoms with E-state index in [-0.39, 0.29) is 23.7 Å². The van der Waals surface area contributed by atoms with Crippen LogP contribution < -0.4 is 15.0 Å². The molecule has 35 heavy (non-hydrogen) atoms. The van der Waals surface area contributed by atoms with Crippen molar-refractivity contribution in [2.75, 3.05) is 16.8 Å². The maximum Gasteiger partial charge on any atom is 0.262 e. The molecule has 1 N–H and O–H groups in total. The van der Waals surface area contributed by atoms with Crippen molar-refractivity contribution in [1.82, 2.24) is 0 Å². The summed E-state index contributed by atoms with van der Waals surface area (Å²) in [7, 11) is 0. The standard InChI is InChI=1S/C29H26N2O3S/c1-22(29(33)31(24-13-5-2-6-14-24)25-15-7-3-8-16-25)35-27-19-11-12-23(20-27)30-28(32)21-34-26-17-9-4-10-18-26/h2-20,22H,21H2,1H3,(H,30,32). The van der Waals surface area contributed by atoms with E-state index in [1.54, 1.807) is 17.0 Å². The van der Waals surface area contributed by atoms with Gasteiger partial charge in [-0.3, -0.25) is 14.5 Å². The first-order valence-corrected chi connectivity index (χ1v) is 12.2. The number of anilines is 3. The van der Waals surface area contributed by atoms with Crippen LogP contribution in [0.25, 0.3) is 0 Å². The third-order valence-electron chi connectivity index (χ3n) is 5.14. The number of thioether (sulfide) groups is 1. The van der Waals surface area contributed by atoms with Crippen LogP contribution in [-0.4, -0.2) is 23.7 Å². The highest BCUT2D eigenvalue weighted by atomic mass is 32.2. The van der Waals surface area contributed by atoms with Gasteiger partial charge in [-0.2, -0.15) is 0 Å². The molecule has 2 amide bonds. The number of rotatable bonds is 9. The first-order chi connectivity index (χ1) is 17.1. The van der Waals surface area contributed by atoms with Gasteiger partial charge >= 0.3 is 0 Å². The van der Waals surface area contributed by atoms with E-state index >= 15 is 0 Å². The molecule has 0 fully saturated rings. The molecule has 0 bridgehead atoms. The van der Waals surface area contributed by atoms with Crippen molar-refractivity contribution < 1.29 is 14.3 Å². The number of nitrogens with zero attached hydrogens (tertiary/aromatic N) is 1. The lowest BCUT2D eigenvalue weighted by Gasteiger charge is -2.26. The summed E-state index contributed by atoms with van der Waals surface area (Å²) in [5, 5.41) is 2.50. The van der Waals surface area contributed by atoms with Gasteiger partial charge in [-0.1, -0.05) is 60.7 Å². The Morgan fingerprint density at radius 1 is 0.800 bits per heavy atom. The van der Waals surface area contributed by atoms with Gasteiger partial charge in [0.2, 0.25) is 5.91 Å². The average molecular weight is 483 g/mol. The highest BCUT2D eigenvalue weighted by molar-refractivity contribution is 8.00. The van der Waals surface area contributed by atoms with Crippen molar-refractivity contribution in [1.29, 1.82) is 0 Å². The van der Waals surface area contributed by atoms with Gasteiger partial charge < -0.3 is 10.1 Å². The van der Waals surface area contributed by atoms with E-state index < -0.39 is 0 Å². The third-order valence-corrected chi connectivity index (χ3v) is 6.22. The van der Waals surface area contributed by atoms with E-state index in [9.17, 15) is 9.59 Å². The van der Waals surface area contributed by atoms with Crippen LogP contribution in [-0.2, 0) is 9.59 Å². The van der Waals surface area contributed by atoms with Crippen LogP contribution in [0.3, 0.4) is 0 Å². The summed E-state index contributed by atoms with van der Waals surface area (Å²) in [6, 6.07) is 35.9. The summed E-state index contributed by atoms with van der Waals surface area (Å²) in [6.45, 7) is 1.81. The minimum Gasteiger partial charge on any atom is -0.484 e. The van der Waals surface area contributed by atoms with Crippen LogP contribution in [0.15, 0.2) is 120 Å². The Labute approximate surface area is 209 Å². The molecule has 0 aliphatic heterocycles. The molecule has 0 radical (unpaired) electrons.